The maximum Gasteiger partial charge on any atom is 0.508 e. The van der Waals surface area contributed by atoms with Crippen molar-refractivity contribution >= 4 is 51.3 Å². The van der Waals surface area contributed by atoms with Crippen LogP contribution in [0.3, 0.4) is 0 Å². The largest absolute Gasteiger partial charge is 0.508 e. The maximum absolute atomic E-state index is 13.1. The molecule has 2 aromatic rings. The Labute approximate surface area is 247 Å². The van der Waals surface area contributed by atoms with Gasteiger partial charge in [-0.1, -0.05) is 11.8 Å². The van der Waals surface area contributed by atoms with E-state index in [0.717, 1.165) is 22.9 Å². The lowest BCUT2D eigenvalue weighted by molar-refractivity contribution is -0.385. The van der Waals surface area contributed by atoms with Gasteiger partial charge < -0.3 is 14.2 Å². The first kappa shape index (κ1) is 31.4. The van der Waals surface area contributed by atoms with Crippen LogP contribution in [0.2, 0.25) is 0 Å². The molecule has 1 amide bonds. The fourth-order valence-electron chi connectivity index (χ4n) is 4.14. The second kappa shape index (κ2) is 12.8. The minimum atomic E-state index is -3.91. The summed E-state index contributed by atoms with van der Waals surface area (Å²) in [6, 6.07) is 10.6. The number of rotatable bonds is 12. The van der Waals surface area contributed by atoms with E-state index >= 15 is 0 Å². The van der Waals surface area contributed by atoms with Gasteiger partial charge in [-0.25, -0.2) is 9.59 Å². The van der Waals surface area contributed by atoms with E-state index in [-0.39, 0.29) is 35.2 Å². The number of hydrogen-bond donors (Lipinski definition) is 0. The maximum atomic E-state index is 13.1. The molecule has 0 spiro atoms. The third-order valence-electron chi connectivity index (χ3n) is 6.26. The van der Waals surface area contributed by atoms with Crippen LogP contribution in [0, 0.1) is 26.1 Å². The number of nitro groups is 2. The molecule has 18 heteroatoms. The summed E-state index contributed by atoms with van der Waals surface area (Å²) in [5.74, 6) is -2.47. The molecule has 1 fully saturated rings. The van der Waals surface area contributed by atoms with Crippen molar-refractivity contribution in [3.8, 4) is 0 Å². The smallest absolute Gasteiger partial charge is 0.456 e. The molecule has 16 nitrogen and oxygen atoms in total. The Morgan fingerprint density at radius 1 is 0.930 bits per heavy atom. The lowest BCUT2D eigenvalue weighted by atomic mass is 9.92. The molecule has 0 saturated carbocycles. The van der Waals surface area contributed by atoms with E-state index in [2.05, 4.69) is 0 Å². The predicted octanol–water partition coefficient (Wildman–Crippen LogP) is 3.01. The Kier molecular flexibility index (Phi) is 9.31. The summed E-state index contributed by atoms with van der Waals surface area (Å²) >= 11 is 0.978. The van der Waals surface area contributed by atoms with Crippen molar-refractivity contribution in [2.24, 2.45) is 5.92 Å². The number of thioether (sulfide) groups is 1. The van der Waals surface area contributed by atoms with Crippen LogP contribution in [0.15, 0.2) is 59.1 Å². The van der Waals surface area contributed by atoms with Gasteiger partial charge in [0.1, 0.15) is 36.3 Å². The first-order valence-electron chi connectivity index (χ1n) is 12.3. The highest BCUT2D eigenvalue weighted by molar-refractivity contribution is 8.04. The van der Waals surface area contributed by atoms with Crippen LogP contribution in [-0.4, -0.2) is 65.5 Å². The molecule has 228 valence electrons. The number of ether oxygens (including phenoxy) is 3. The number of hydrogen-bond acceptors (Lipinski definition) is 14. The number of fused-ring (bicyclic) bond motifs is 1. The van der Waals surface area contributed by atoms with E-state index in [1.807, 2.05) is 0 Å². The summed E-state index contributed by atoms with van der Waals surface area (Å²) in [4.78, 5) is 60.1. The Morgan fingerprint density at radius 2 is 1.44 bits per heavy atom. The molecular weight excluding hydrogens is 614 g/mol. The van der Waals surface area contributed by atoms with Crippen molar-refractivity contribution in [3.63, 3.8) is 0 Å². The van der Waals surface area contributed by atoms with E-state index in [1.54, 1.807) is 0 Å². The highest BCUT2D eigenvalue weighted by Crippen LogP contribution is 2.51. The number of nitro benzene ring substituents is 2. The molecule has 0 radical (unpaired) electrons. The van der Waals surface area contributed by atoms with E-state index in [4.69, 9.17) is 18.4 Å². The molecule has 2 aromatic carbocycles. The standard InChI is InChI=1S/C25H23N3O13S2/c1-14(41-25(31)39-12-16-5-9-18(10-6-16)28(34)35)20-22(29)26-21(19(42-23(20)26)13-40-43(2,36)37)24(30)38-11-15-3-7-17(8-4-15)27(32)33/h3-10,14,20,23H,11-13H2,1-2H3/t14-,20+,23-/m1/s1. The molecule has 1 saturated heterocycles. The van der Waals surface area contributed by atoms with Crippen molar-refractivity contribution in [3.05, 3.63) is 90.5 Å². The molecule has 4 rings (SSSR count). The lowest BCUT2D eigenvalue weighted by Crippen LogP contribution is -2.61. The van der Waals surface area contributed by atoms with Gasteiger partial charge in [0.15, 0.2) is 0 Å². The Bertz CT molecular complexity index is 1590. The molecular formula is C25H23N3O13S2. The minimum absolute atomic E-state index is 0.105. The zero-order valence-electron chi connectivity index (χ0n) is 22.4. The molecule has 0 bridgehead atoms. The van der Waals surface area contributed by atoms with Crippen molar-refractivity contribution in [1.29, 1.82) is 0 Å². The average molecular weight is 638 g/mol. The zero-order valence-corrected chi connectivity index (χ0v) is 24.1. The number of nitrogens with zero attached hydrogens (tertiary/aromatic N) is 3. The van der Waals surface area contributed by atoms with Crippen LogP contribution < -0.4 is 0 Å². The Morgan fingerprint density at radius 3 is 1.93 bits per heavy atom. The van der Waals surface area contributed by atoms with E-state index in [0.29, 0.717) is 11.1 Å². The van der Waals surface area contributed by atoms with Crippen LogP contribution in [-0.2, 0) is 51.3 Å². The van der Waals surface area contributed by atoms with Crippen molar-refractivity contribution < 1.29 is 51.0 Å². The third kappa shape index (κ3) is 7.46. The molecule has 2 aliphatic heterocycles. The van der Waals surface area contributed by atoms with E-state index in [9.17, 15) is 43.0 Å². The summed E-state index contributed by atoms with van der Waals surface area (Å²) in [7, 11) is -3.91. The van der Waals surface area contributed by atoms with Crippen LogP contribution in [0.1, 0.15) is 18.1 Å². The van der Waals surface area contributed by atoms with Crippen molar-refractivity contribution in [2.75, 3.05) is 12.9 Å². The molecule has 0 unspecified atom stereocenters. The van der Waals surface area contributed by atoms with Gasteiger partial charge >= 0.3 is 12.1 Å². The summed E-state index contributed by atoms with van der Waals surface area (Å²) in [6.45, 7) is 0.364. The predicted molar refractivity (Wildman–Crippen MR) is 146 cm³/mol. The molecule has 3 atom stereocenters. The Balaban J connectivity index is 1.39. The van der Waals surface area contributed by atoms with Crippen molar-refractivity contribution in [1.82, 2.24) is 4.90 Å². The van der Waals surface area contributed by atoms with Gasteiger partial charge in [-0.2, -0.15) is 8.42 Å². The van der Waals surface area contributed by atoms with Gasteiger partial charge in [0.05, 0.1) is 22.7 Å². The minimum Gasteiger partial charge on any atom is -0.456 e. The van der Waals surface area contributed by atoms with Gasteiger partial charge in [-0.3, -0.25) is 34.1 Å². The van der Waals surface area contributed by atoms with Crippen LogP contribution in [0.4, 0.5) is 16.2 Å². The molecule has 43 heavy (non-hydrogen) atoms. The van der Waals surface area contributed by atoms with Crippen LogP contribution >= 0.6 is 11.8 Å². The number of carbonyl (C=O) groups is 3. The first-order valence-corrected chi connectivity index (χ1v) is 15.0. The van der Waals surface area contributed by atoms with E-state index < -0.39 is 62.0 Å². The van der Waals surface area contributed by atoms with Crippen LogP contribution in [0.25, 0.3) is 0 Å². The third-order valence-corrected chi connectivity index (χ3v) is 8.15. The number of amides is 1. The van der Waals surface area contributed by atoms with Gasteiger partial charge in [-0.05, 0) is 42.3 Å². The lowest BCUT2D eigenvalue weighted by Gasteiger charge is -2.44. The monoisotopic (exact) mass is 637 g/mol. The summed E-state index contributed by atoms with van der Waals surface area (Å²) in [5.41, 5.74) is 0.375. The average Bonchev–Trinajstić information content (AvgIpc) is 3.28. The van der Waals surface area contributed by atoms with Gasteiger partial charge in [0.2, 0.25) is 5.91 Å². The van der Waals surface area contributed by atoms with E-state index in [1.165, 1.54) is 55.5 Å². The summed E-state index contributed by atoms with van der Waals surface area (Å²) in [6.07, 6.45) is -1.30. The van der Waals surface area contributed by atoms with Gasteiger partial charge in [0, 0.05) is 29.2 Å². The highest BCUT2D eigenvalue weighted by Gasteiger charge is 2.59. The topological polar surface area (TPSA) is 212 Å². The fraction of sp³-hybridized carbons (Fsp3) is 0.320. The van der Waals surface area contributed by atoms with Gasteiger partial charge in [0.25, 0.3) is 21.5 Å². The first-order chi connectivity index (χ1) is 20.2. The summed E-state index contributed by atoms with van der Waals surface area (Å²) in [5, 5.41) is 20.9. The highest BCUT2D eigenvalue weighted by atomic mass is 32.2. The second-order valence-electron chi connectivity index (χ2n) is 9.27. The Hall–Kier alpha value is -4.55. The molecule has 0 aromatic heterocycles. The normalized spacial score (nSPS) is 18.4. The molecule has 0 aliphatic carbocycles. The SMILES string of the molecule is C[C@@H](OC(=O)OCc1ccc([N+](=O)[O-])cc1)[C@H]1C(=O)N2C(C(=O)OCc3ccc([N+](=O)[O-])cc3)=C(COS(C)(=O)=O)S[C@H]12. The number of esters is 1. The number of non-ortho nitro benzene ring substituents is 2. The fourth-order valence-corrected chi connectivity index (χ4v) is 6.06. The number of benzene rings is 2. The number of β-lactam (4-membered cyclic amide) rings is 1. The van der Waals surface area contributed by atoms with Crippen molar-refractivity contribution in [2.45, 2.75) is 31.6 Å². The van der Waals surface area contributed by atoms with Gasteiger partial charge in [-0.15, -0.1) is 0 Å². The molecule has 2 heterocycles. The molecule has 2 aliphatic rings. The second-order valence-corrected chi connectivity index (χ2v) is 12.1. The quantitative estimate of drug-likeness (QED) is 0.108. The van der Waals surface area contributed by atoms with Crippen LogP contribution in [0.5, 0.6) is 0 Å². The number of carbonyl (C=O) groups excluding carboxylic acids is 3. The zero-order chi connectivity index (χ0) is 31.5. The summed E-state index contributed by atoms with van der Waals surface area (Å²) < 4.78 is 43.6. The molecule has 0 N–H and O–H groups in total.